The van der Waals surface area contributed by atoms with Gasteiger partial charge in [0.05, 0.1) is 0 Å². The Bertz CT molecular complexity index is 269. The highest BCUT2D eigenvalue weighted by Gasteiger charge is 2.11. The van der Waals surface area contributed by atoms with Crippen LogP contribution < -0.4 is 10.2 Å². The van der Waals surface area contributed by atoms with Crippen molar-refractivity contribution in [2.24, 2.45) is 0 Å². The molecular weight excluding hydrogens is 200 g/mol. The second-order valence-electron chi connectivity index (χ2n) is 3.30. The fourth-order valence-corrected chi connectivity index (χ4v) is 1.41. The van der Waals surface area contributed by atoms with Gasteiger partial charge in [-0.05, 0) is 12.5 Å². The zero-order valence-electron chi connectivity index (χ0n) is 8.23. The smallest absolute Gasteiger partial charge is 0.225 e. The minimum absolute atomic E-state index is 0. The third-order valence-corrected chi connectivity index (χ3v) is 2.17. The third kappa shape index (κ3) is 2.56. The van der Waals surface area contributed by atoms with Crippen LogP contribution in [0.15, 0.2) is 12.4 Å². The number of aryl methyl sites for hydroxylation is 1. The molecule has 1 aliphatic heterocycles. The van der Waals surface area contributed by atoms with Crippen molar-refractivity contribution in [1.29, 1.82) is 0 Å². The molecule has 0 spiro atoms. The monoisotopic (exact) mass is 214 g/mol. The molecule has 0 aliphatic carbocycles. The molecule has 14 heavy (non-hydrogen) atoms. The molecule has 0 amide bonds. The summed E-state index contributed by atoms with van der Waals surface area (Å²) in [6, 6.07) is 0. The van der Waals surface area contributed by atoms with Crippen molar-refractivity contribution in [2.45, 2.75) is 6.92 Å². The van der Waals surface area contributed by atoms with Crippen LogP contribution in [0.1, 0.15) is 5.56 Å². The van der Waals surface area contributed by atoms with Gasteiger partial charge in [0.1, 0.15) is 0 Å². The Morgan fingerprint density at radius 2 is 1.79 bits per heavy atom. The minimum atomic E-state index is 0. The molecule has 4 nitrogen and oxygen atoms in total. The average molecular weight is 215 g/mol. The van der Waals surface area contributed by atoms with Crippen molar-refractivity contribution in [3.05, 3.63) is 18.0 Å². The molecule has 0 radical (unpaired) electrons. The van der Waals surface area contributed by atoms with E-state index in [1.54, 1.807) is 0 Å². The number of piperazine rings is 1. The van der Waals surface area contributed by atoms with Gasteiger partial charge < -0.3 is 10.2 Å². The van der Waals surface area contributed by atoms with Crippen LogP contribution in [0.5, 0.6) is 0 Å². The number of nitrogens with one attached hydrogen (secondary N) is 1. The first-order valence-corrected chi connectivity index (χ1v) is 4.60. The van der Waals surface area contributed by atoms with E-state index in [1.165, 1.54) is 0 Å². The summed E-state index contributed by atoms with van der Waals surface area (Å²) in [5.41, 5.74) is 1.11. The highest BCUT2D eigenvalue weighted by molar-refractivity contribution is 5.85. The number of nitrogens with zero attached hydrogens (tertiary/aromatic N) is 3. The lowest BCUT2D eigenvalue weighted by molar-refractivity contribution is 0.579. The highest BCUT2D eigenvalue weighted by Crippen LogP contribution is 2.06. The van der Waals surface area contributed by atoms with Crippen LogP contribution >= 0.6 is 12.4 Å². The lowest BCUT2D eigenvalue weighted by atomic mass is 10.4. The Balaban J connectivity index is 0.000000980. The van der Waals surface area contributed by atoms with Crippen LogP contribution in [0, 0.1) is 6.92 Å². The average Bonchev–Trinajstić information content (AvgIpc) is 2.20. The second-order valence-corrected chi connectivity index (χ2v) is 3.30. The van der Waals surface area contributed by atoms with Gasteiger partial charge in [-0.3, -0.25) is 0 Å². The van der Waals surface area contributed by atoms with Crippen molar-refractivity contribution in [3.8, 4) is 0 Å². The highest BCUT2D eigenvalue weighted by atomic mass is 35.5. The van der Waals surface area contributed by atoms with E-state index in [4.69, 9.17) is 0 Å². The van der Waals surface area contributed by atoms with Gasteiger partial charge in [-0.25, -0.2) is 9.97 Å². The standard InChI is InChI=1S/C9H14N4.ClH/c1-8-6-11-9(12-7-8)13-4-2-10-3-5-13;/h6-7,10H,2-5H2,1H3;1H. The maximum Gasteiger partial charge on any atom is 0.225 e. The molecule has 5 heteroatoms. The van der Waals surface area contributed by atoms with Crippen molar-refractivity contribution >= 4 is 18.4 Å². The lowest BCUT2D eigenvalue weighted by Gasteiger charge is -2.27. The lowest BCUT2D eigenvalue weighted by Crippen LogP contribution is -2.44. The number of hydrogen-bond donors (Lipinski definition) is 1. The van der Waals surface area contributed by atoms with Crippen molar-refractivity contribution in [2.75, 3.05) is 31.1 Å². The van der Waals surface area contributed by atoms with Crippen LogP contribution in [-0.2, 0) is 0 Å². The van der Waals surface area contributed by atoms with E-state index in [9.17, 15) is 0 Å². The molecule has 0 bridgehead atoms. The minimum Gasteiger partial charge on any atom is -0.338 e. The molecule has 0 saturated carbocycles. The summed E-state index contributed by atoms with van der Waals surface area (Å²) < 4.78 is 0. The summed E-state index contributed by atoms with van der Waals surface area (Å²) in [4.78, 5) is 10.8. The van der Waals surface area contributed by atoms with E-state index in [-0.39, 0.29) is 12.4 Å². The summed E-state index contributed by atoms with van der Waals surface area (Å²) in [6.45, 7) is 6.06. The maximum absolute atomic E-state index is 4.29. The van der Waals surface area contributed by atoms with Crippen molar-refractivity contribution < 1.29 is 0 Å². The quantitative estimate of drug-likeness (QED) is 0.744. The Kier molecular flexibility index (Phi) is 4.10. The Hall–Kier alpha value is -0.870. The van der Waals surface area contributed by atoms with Crippen LogP contribution in [0.4, 0.5) is 5.95 Å². The Morgan fingerprint density at radius 3 is 2.36 bits per heavy atom. The van der Waals surface area contributed by atoms with Crippen LogP contribution in [-0.4, -0.2) is 36.1 Å². The van der Waals surface area contributed by atoms with E-state index in [0.29, 0.717) is 0 Å². The molecule has 1 saturated heterocycles. The van der Waals surface area contributed by atoms with Gasteiger partial charge in [0.25, 0.3) is 0 Å². The van der Waals surface area contributed by atoms with Gasteiger partial charge in [-0.2, -0.15) is 0 Å². The van der Waals surface area contributed by atoms with Gasteiger partial charge in [0.15, 0.2) is 0 Å². The second kappa shape index (κ2) is 5.12. The maximum atomic E-state index is 4.29. The Labute approximate surface area is 90.2 Å². The van der Waals surface area contributed by atoms with Gasteiger partial charge >= 0.3 is 0 Å². The fraction of sp³-hybridized carbons (Fsp3) is 0.556. The summed E-state index contributed by atoms with van der Waals surface area (Å²) in [6.07, 6.45) is 3.73. The van der Waals surface area contributed by atoms with Crippen LogP contribution in [0.3, 0.4) is 0 Å². The zero-order chi connectivity index (χ0) is 9.10. The van der Waals surface area contributed by atoms with Gasteiger partial charge in [-0.15, -0.1) is 12.4 Å². The van der Waals surface area contributed by atoms with Gasteiger partial charge in [0, 0.05) is 38.6 Å². The first-order chi connectivity index (χ1) is 6.36. The van der Waals surface area contributed by atoms with E-state index in [0.717, 1.165) is 37.7 Å². The zero-order valence-corrected chi connectivity index (χ0v) is 9.05. The molecule has 1 aliphatic rings. The molecule has 2 rings (SSSR count). The third-order valence-electron chi connectivity index (χ3n) is 2.17. The molecule has 0 unspecified atom stereocenters. The number of aromatic nitrogens is 2. The molecular formula is C9H15ClN4. The van der Waals surface area contributed by atoms with Crippen LogP contribution in [0.2, 0.25) is 0 Å². The van der Waals surface area contributed by atoms with E-state index in [1.807, 2.05) is 19.3 Å². The van der Waals surface area contributed by atoms with E-state index in [2.05, 4.69) is 20.2 Å². The Morgan fingerprint density at radius 1 is 1.21 bits per heavy atom. The van der Waals surface area contributed by atoms with Crippen molar-refractivity contribution in [3.63, 3.8) is 0 Å². The SMILES string of the molecule is Cc1cnc(N2CCNCC2)nc1.Cl. The van der Waals surface area contributed by atoms with Crippen LogP contribution in [0.25, 0.3) is 0 Å². The summed E-state index contributed by atoms with van der Waals surface area (Å²) in [7, 11) is 0. The topological polar surface area (TPSA) is 41.1 Å². The molecule has 78 valence electrons. The molecule has 1 fully saturated rings. The van der Waals surface area contributed by atoms with Gasteiger partial charge in [0.2, 0.25) is 5.95 Å². The molecule has 1 aromatic heterocycles. The van der Waals surface area contributed by atoms with E-state index < -0.39 is 0 Å². The number of rotatable bonds is 1. The normalized spacial score (nSPS) is 16.2. The number of anilines is 1. The molecule has 0 atom stereocenters. The number of halogens is 1. The first kappa shape index (κ1) is 11.2. The summed E-state index contributed by atoms with van der Waals surface area (Å²) >= 11 is 0. The molecule has 0 aromatic carbocycles. The summed E-state index contributed by atoms with van der Waals surface area (Å²) in [5.74, 6) is 0.854. The molecule has 1 aromatic rings. The molecule has 2 heterocycles. The predicted octanol–water partition coefficient (Wildman–Crippen LogP) is 0.616. The van der Waals surface area contributed by atoms with Crippen molar-refractivity contribution in [1.82, 2.24) is 15.3 Å². The number of hydrogen-bond acceptors (Lipinski definition) is 4. The predicted molar refractivity (Wildman–Crippen MR) is 59.1 cm³/mol. The van der Waals surface area contributed by atoms with Gasteiger partial charge in [-0.1, -0.05) is 0 Å². The first-order valence-electron chi connectivity index (χ1n) is 4.60. The summed E-state index contributed by atoms with van der Waals surface area (Å²) in [5, 5.41) is 3.30. The van der Waals surface area contributed by atoms with E-state index >= 15 is 0 Å². The molecule has 1 N–H and O–H groups in total. The largest absolute Gasteiger partial charge is 0.338 e. The fourth-order valence-electron chi connectivity index (χ4n) is 1.41.